The van der Waals surface area contributed by atoms with E-state index < -0.39 is 18.1 Å². The van der Waals surface area contributed by atoms with E-state index in [1.165, 1.54) is 0 Å². The Labute approximate surface area is 123 Å². The zero-order valence-electron chi connectivity index (χ0n) is 11.6. The average Bonchev–Trinajstić information content (AvgIpc) is 2.55. The highest BCUT2D eigenvalue weighted by Crippen LogP contribution is 2.25. The van der Waals surface area contributed by atoms with Gasteiger partial charge in [0.1, 0.15) is 0 Å². The Kier molecular flexibility index (Phi) is 5.16. The highest BCUT2D eigenvalue weighted by Gasteiger charge is 2.31. The average molecular weight is 285 g/mol. The molecule has 0 aliphatic carbocycles. The first kappa shape index (κ1) is 15.3. The van der Waals surface area contributed by atoms with Gasteiger partial charge in [0.25, 0.3) is 0 Å². The zero-order valence-corrected chi connectivity index (χ0v) is 11.6. The van der Waals surface area contributed by atoms with E-state index in [4.69, 9.17) is 11.5 Å². The molecule has 3 unspecified atom stereocenters. The summed E-state index contributed by atoms with van der Waals surface area (Å²) in [6.45, 7) is -0.0589. The number of Topliss-reactive ketones (excluding diaryl/α,β-unsaturated/α-hetero) is 1. The van der Waals surface area contributed by atoms with Crippen LogP contribution in [-0.4, -0.2) is 34.6 Å². The fourth-order valence-corrected chi connectivity index (χ4v) is 2.20. The fourth-order valence-electron chi connectivity index (χ4n) is 2.20. The molecule has 0 spiro atoms. The number of carbonyl (C=O) groups is 1. The summed E-state index contributed by atoms with van der Waals surface area (Å²) in [4.78, 5) is 16.9. The molecule has 0 saturated carbocycles. The van der Waals surface area contributed by atoms with E-state index in [0.717, 1.165) is 5.56 Å². The standard InChI is InChI=1S/C16H19N3O2/c17-10-13(20)15(18)16(21)14(11-6-2-1-3-7-11)12-8-4-5-9-19-12/h1-9,13-15,20H,10,17-18H2. The molecule has 3 atom stereocenters. The Hall–Kier alpha value is -2.08. The molecule has 0 aliphatic heterocycles. The molecule has 0 saturated heterocycles. The summed E-state index contributed by atoms with van der Waals surface area (Å²) in [5.41, 5.74) is 12.6. The SMILES string of the molecule is NCC(O)C(N)C(=O)C(c1ccccc1)c1ccccn1. The van der Waals surface area contributed by atoms with Crippen LogP contribution in [0.3, 0.4) is 0 Å². The number of aromatic nitrogens is 1. The lowest BCUT2D eigenvalue weighted by Gasteiger charge is -2.22. The molecule has 5 heteroatoms. The Morgan fingerprint density at radius 3 is 2.38 bits per heavy atom. The van der Waals surface area contributed by atoms with Gasteiger partial charge in [-0.2, -0.15) is 0 Å². The van der Waals surface area contributed by atoms with Gasteiger partial charge in [-0.3, -0.25) is 9.78 Å². The third-order valence-electron chi connectivity index (χ3n) is 3.39. The van der Waals surface area contributed by atoms with Crippen molar-refractivity contribution in [2.45, 2.75) is 18.1 Å². The van der Waals surface area contributed by atoms with Crippen molar-refractivity contribution < 1.29 is 9.90 Å². The quantitative estimate of drug-likeness (QED) is 0.714. The number of nitrogens with zero attached hydrogens (tertiary/aromatic N) is 1. The summed E-state index contributed by atoms with van der Waals surface area (Å²) in [6, 6.07) is 13.6. The van der Waals surface area contributed by atoms with Crippen LogP contribution in [-0.2, 0) is 4.79 Å². The van der Waals surface area contributed by atoms with Crippen LogP contribution in [0.25, 0.3) is 0 Å². The van der Waals surface area contributed by atoms with E-state index in [1.54, 1.807) is 18.3 Å². The van der Waals surface area contributed by atoms with Crippen LogP contribution in [0, 0.1) is 0 Å². The van der Waals surface area contributed by atoms with Crippen molar-refractivity contribution in [2.24, 2.45) is 11.5 Å². The number of nitrogens with two attached hydrogens (primary N) is 2. The molecule has 0 fully saturated rings. The summed E-state index contributed by atoms with van der Waals surface area (Å²) in [6.07, 6.45) is 0.566. The third-order valence-corrected chi connectivity index (χ3v) is 3.39. The fraction of sp³-hybridized carbons (Fsp3) is 0.250. The minimum absolute atomic E-state index is 0.0589. The Morgan fingerprint density at radius 2 is 1.81 bits per heavy atom. The number of benzene rings is 1. The zero-order chi connectivity index (χ0) is 15.2. The first-order chi connectivity index (χ1) is 10.1. The number of hydrogen-bond acceptors (Lipinski definition) is 5. The molecule has 2 rings (SSSR count). The molecule has 0 radical (unpaired) electrons. The van der Waals surface area contributed by atoms with Crippen LogP contribution >= 0.6 is 0 Å². The molecule has 21 heavy (non-hydrogen) atoms. The molecule has 110 valence electrons. The summed E-state index contributed by atoms with van der Waals surface area (Å²) < 4.78 is 0. The molecule has 5 nitrogen and oxygen atoms in total. The van der Waals surface area contributed by atoms with Gasteiger partial charge >= 0.3 is 0 Å². The van der Waals surface area contributed by atoms with E-state index in [-0.39, 0.29) is 12.3 Å². The smallest absolute Gasteiger partial charge is 0.165 e. The molecular weight excluding hydrogens is 266 g/mol. The van der Waals surface area contributed by atoms with Gasteiger partial charge in [0, 0.05) is 12.7 Å². The highest BCUT2D eigenvalue weighted by atomic mass is 16.3. The minimum atomic E-state index is -1.06. The van der Waals surface area contributed by atoms with Crippen molar-refractivity contribution in [3.63, 3.8) is 0 Å². The van der Waals surface area contributed by atoms with Gasteiger partial charge in [-0.15, -0.1) is 0 Å². The first-order valence-corrected chi connectivity index (χ1v) is 6.78. The van der Waals surface area contributed by atoms with Crippen molar-refractivity contribution in [3.8, 4) is 0 Å². The first-order valence-electron chi connectivity index (χ1n) is 6.78. The van der Waals surface area contributed by atoms with Gasteiger partial charge < -0.3 is 16.6 Å². The number of aliphatic hydroxyl groups excluding tert-OH is 1. The number of pyridine rings is 1. The van der Waals surface area contributed by atoms with E-state index in [2.05, 4.69) is 4.98 Å². The Balaban J connectivity index is 2.40. The van der Waals surface area contributed by atoms with Crippen molar-refractivity contribution in [2.75, 3.05) is 6.54 Å². The topological polar surface area (TPSA) is 102 Å². The molecule has 5 N–H and O–H groups in total. The second-order valence-corrected chi connectivity index (χ2v) is 4.83. The normalized spacial score (nSPS) is 15.2. The largest absolute Gasteiger partial charge is 0.390 e. The van der Waals surface area contributed by atoms with Gasteiger partial charge in [0.15, 0.2) is 5.78 Å². The summed E-state index contributed by atoms with van der Waals surface area (Å²) in [5.74, 6) is -0.901. The van der Waals surface area contributed by atoms with Crippen LogP contribution in [0.2, 0.25) is 0 Å². The second kappa shape index (κ2) is 7.08. The van der Waals surface area contributed by atoms with Gasteiger partial charge in [0.05, 0.1) is 23.8 Å². The minimum Gasteiger partial charge on any atom is -0.390 e. The maximum Gasteiger partial charge on any atom is 0.165 e. The molecule has 1 aromatic carbocycles. The molecule has 2 aromatic rings. The molecule has 0 aliphatic rings. The number of hydrogen-bond donors (Lipinski definition) is 3. The summed E-state index contributed by atoms with van der Waals surface area (Å²) in [5, 5.41) is 9.75. The summed E-state index contributed by atoms with van der Waals surface area (Å²) >= 11 is 0. The van der Waals surface area contributed by atoms with Gasteiger partial charge in [-0.25, -0.2) is 0 Å². The van der Waals surface area contributed by atoms with Gasteiger partial charge in [-0.05, 0) is 17.7 Å². The van der Waals surface area contributed by atoms with E-state index in [0.29, 0.717) is 5.69 Å². The lowest BCUT2D eigenvalue weighted by atomic mass is 9.86. The maximum absolute atomic E-state index is 12.7. The number of carbonyl (C=O) groups excluding carboxylic acids is 1. The van der Waals surface area contributed by atoms with Crippen molar-refractivity contribution in [1.29, 1.82) is 0 Å². The maximum atomic E-state index is 12.7. The molecule has 1 heterocycles. The second-order valence-electron chi connectivity index (χ2n) is 4.83. The highest BCUT2D eigenvalue weighted by molar-refractivity contribution is 5.93. The van der Waals surface area contributed by atoms with Gasteiger partial charge in [-0.1, -0.05) is 36.4 Å². The van der Waals surface area contributed by atoms with E-state index in [9.17, 15) is 9.90 Å². The lowest BCUT2D eigenvalue weighted by molar-refractivity contribution is -0.123. The predicted octanol–water partition coefficient (Wildman–Crippen LogP) is 0.430. The number of aliphatic hydroxyl groups is 1. The van der Waals surface area contributed by atoms with Crippen molar-refractivity contribution >= 4 is 5.78 Å². The van der Waals surface area contributed by atoms with Crippen LogP contribution in [0.4, 0.5) is 0 Å². The van der Waals surface area contributed by atoms with Crippen LogP contribution in [0.5, 0.6) is 0 Å². The van der Waals surface area contributed by atoms with Gasteiger partial charge in [0.2, 0.25) is 0 Å². The lowest BCUT2D eigenvalue weighted by Crippen LogP contribution is -2.47. The van der Waals surface area contributed by atoms with Crippen LogP contribution < -0.4 is 11.5 Å². The molecule has 0 bridgehead atoms. The molecular formula is C16H19N3O2. The van der Waals surface area contributed by atoms with E-state index >= 15 is 0 Å². The third kappa shape index (κ3) is 3.52. The Morgan fingerprint density at radius 1 is 1.14 bits per heavy atom. The monoisotopic (exact) mass is 285 g/mol. The van der Waals surface area contributed by atoms with Crippen molar-refractivity contribution in [3.05, 3.63) is 66.0 Å². The van der Waals surface area contributed by atoms with Crippen molar-refractivity contribution in [1.82, 2.24) is 4.98 Å². The predicted molar refractivity (Wildman–Crippen MR) is 80.6 cm³/mol. The van der Waals surface area contributed by atoms with Crippen LogP contribution in [0.15, 0.2) is 54.7 Å². The van der Waals surface area contributed by atoms with E-state index in [1.807, 2.05) is 36.4 Å². The Bertz CT molecular complexity index is 535. The van der Waals surface area contributed by atoms with Crippen LogP contribution in [0.1, 0.15) is 17.2 Å². The molecule has 0 amide bonds. The number of ketones is 1. The summed E-state index contributed by atoms with van der Waals surface area (Å²) in [7, 11) is 0. The number of rotatable bonds is 6. The molecule has 1 aromatic heterocycles.